The minimum absolute atomic E-state index is 0.125. The molecule has 0 aliphatic heterocycles. The highest BCUT2D eigenvalue weighted by Crippen LogP contribution is 2.37. The Balaban J connectivity index is 0.000000297. The number of carbonyl (C=O) groups excluding carboxylic acids is 1. The maximum absolute atomic E-state index is 12.6. The number of hydrogen-bond donors (Lipinski definition) is 4. The van der Waals surface area contributed by atoms with E-state index in [-0.39, 0.29) is 16.5 Å². The summed E-state index contributed by atoms with van der Waals surface area (Å²) < 4.78 is 126. The first-order chi connectivity index (χ1) is 25.1. The zero-order valence-electron chi connectivity index (χ0n) is 25.8. The number of nitro groups is 1. The summed E-state index contributed by atoms with van der Waals surface area (Å²) in [4.78, 5) is 49.8. The molecule has 0 saturated carbocycles. The van der Waals surface area contributed by atoms with Crippen molar-refractivity contribution in [3.63, 3.8) is 0 Å². The number of aromatic nitrogens is 2. The van der Waals surface area contributed by atoms with Gasteiger partial charge in [0.15, 0.2) is 0 Å². The van der Waals surface area contributed by atoms with E-state index in [0.717, 1.165) is 42.5 Å². The summed E-state index contributed by atoms with van der Waals surface area (Å²) in [5.41, 5.74) is -2.89. The van der Waals surface area contributed by atoms with Crippen molar-refractivity contribution in [2.75, 3.05) is 5.32 Å². The van der Waals surface area contributed by atoms with Crippen molar-refractivity contribution in [1.29, 1.82) is 0 Å². The van der Waals surface area contributed by atoms with Crippen molar-refractivity contribution in [2.45, 2.75) is 24.3 Å². The van der Waals surface area contributed by atoms with Crippen molar-refractivity contribution in [2.24, 2.45) is 0 Å². The molecule has 0 aliphatic carbocycles. The lowest BCUT2D eigenvalue weighted by Crippen LogP contribution is -2.35. The molecule has 1 aromatic heterocycles. The third-order valence-electron chi connectivity index (χ3n) is 5.84. The number of anilines is 1. The smallest absolute Gasteiger partial charge is 0.416 e. The standard InChI is InChI=1S/C14H7ClF3NO5.C14H10F4N4O7S/c15-10-5-7(14(16,17)18)1-4-12(10)24-8-2-3-11(19(22)23)9(6-8)13(20)21;15-11(16)28-8-5-9(29-12(17)18)20-13(19-8)21-14(25)22-30(26,27)7-4-2-1-3-6(7)10(23)24/h1-6H,(H,20,21);1-5,11-12H,(H,23,24)(H2,19,20,21,22,25). The Morgan fingerprint density at radius 3 is 1.93 bits per heavy atom. The molecule has 0 spiro atoms. The zero-order chi connectivity index (χ0) is 40.5. The summed E-state index contributed by atoms with van der Waals surface area (Å²) in [5, 5.41) is 30.1. The van der Waals surface area contributed by atoms with Crippen LogP contribution < -0.4 is 24.2 Å². The van der Waals surface area contributed by atoms with Crippen LogP contribution in [0.15, 0.2) is 71.6 Å². The summed E-state index contributed by atoms with van der Waals surface area (Å²) in [6, 6.07) is 8.49. The van der Waals surface area contributed by atoms with Crippen LogP contribution in [0.1, 0.15) is 26.3 Å². The van der Waals surface area contributed by atoms with Crippen LogP contribution >= 0.6 is 11.6 Å². The Kier molecular flexibility index (Phi) is 13.5. The SMILES string of the molecule is O=C(Nc1nc(OC(F)F)cc(OC(F)F)n1)NS(=O)(=O)c1ccccc1C(=O)O.O=C(O)c1cc(Oc2ccc(C(F)(F)F)cc2Cl)ccc1[N+](=O)[O-]. The van der Waals surface area contributed by atoms with Crippen LogP contribution in [-0.2, 0) is 16.2 Å². The minimum Gasteiger partial charge on any atom is -0.478 e. The van der Waals surface area contributed by atoms with Crippen LogP contribution in [0.4, 0.5) is 47.2 Å². The lowest BCUT2D eigenvalue weighted by atomic mass is 10.1. The van der Waals surface area contributed by atoms with E-state index in [2.05, 4.69) is 19.4 Å². The fourth-order valence-corrected chi connectivity index (χ4v) is 5.07. The number of amides is 2. The van der Waals surface area contributed by atoms with E-state index >= 15 is 0 Å². The number of sulfonamides is 1. The normalized spacial score (nSPS) is 11.2. The van der Waals surface area contributed by atoms with Gasteiger partial charge in [0.1, 0.15) is 22.0 Å². The van der Waals surface area contributed by atoms with Gasteiger partial charge in [-0.15, -0.1) is 0 Å². The average Bonchev–Trinajstić information content (AvgIpc) is 3.04. The van der Waals surface area contributed by atoms with E-state index < -0.39 is 97.3 Å². The van der Waals surface area contributed by atoms with Gasteiger partial charge in [-0.2, -0.15) is 40.7 Å². The molecule has 288 valence electrons. The Hall–Kier alpha value is -6.50. The second-order valence-corrected chi connectivity index (χ2v) is 11.5. The van der Waals surface area contributed by atoms with Gasteiger partial charge in [0.25, 0.3) is 15.7 Å². The lowest BCUT2D eigenvalue weighted by Gasteiger charge is -2.11. The molecule has 54 heavy (non-hydrogen) atoms. The molecule has 0 saturated heterocycles. The molecule has 0 radical (unpaired) electrons. The number of benzene rings is 3. The minimum atomic E-state index is -4.71. The molecule has 2 amide bonds. The van der Waals surface area contributed by atoms with Crippen LogP contribution in [-0.4, -0.2) is 64.7 Å². The fourth-order valence-electron chi connectivity index (χ4n) is 3.74. The van der Waals surface area contributed by atoms with Crippen molar-refractivity contribution in [1.82, 2.24) is 14.7 Å². The predicted molar refractivity (Wildman–Crippen MR) is 165 cm³/mol. The molecule has 0 atom stereocenters. The van der Waals surface area contributed by atoms with Crippen LogP contribution in [0.25, 0.3) is 0 Å². The number of hydrogen-bond acceptors (Lipinski definition) is 12. The van der Waals surface area contributed by atoms with Crippen molar-refractivity contribution >= 4 is 51.2 Å². The zero-order valence-corrected chi connectivity index (χ0v) is 27.3. The summed E-state index contributed by atoms with van der Waals surface area (Å²) in [7, 11) is -4.71. The number of halogens is 8. The maximum atomic E-state index is 12.6. The van der Waals surface area contributed by atoms with Crippen LogP contribution in [0.3, 0.4) is 0 Å². The maximum Gasteiger partial charge on any atom is 0.416 e. The molecular formula is C28H17ClF7N5O12S. The summed E-state index contributed by atoms with van der Waals surface area (Å²) in [5.74, 6) is -6.29. The van der Waals surface area contributed by atoms with Crippen LogP contribution in [0.2, 0.25) is 5.02 Å². The quantitative estimate of drug-likeness (QED) is 0.0665. The number of carbonyl (C=O) groups is 3. The number of nitrogens with one attached hydrogen (secondary N) is 2. The second kappa shape index (κ2) is 17.3. The number of carboxylic acid groups (broad SMARTS) is 2. The first-order valence-corrected chi connectivity index (χ1v) is 15.4. The van der Waals surface area contributed by atoms with E-state index in [1.165, 1.54) is 16.9 Å². The Morgan fingerprint density at radius 1 is 0.852 bits per heavy atom. The van der Waals surface area contributed by atoms with E-state index in [1.54, 1.807) is 5.32 Å². The van der Waals surface area contributed by atoms with Gasteiger partial charge in [0.05, 0.1) is 27.1 Å². The van der Waals surface area contributed by atoms with Crippen molar-refractivity contribution in [3.05, 3.63) is 98.6 Å². The molecular weight excluding hydrogens is 799 g/mol. The molecule has 0 unspecified atom stereocenters. The monoisotopic (exact) mass is 815 g/mol. The Morgan fingerprint density at radius 2 is 1.43 bits per heavy atom. The number of rotatable bonds is 12. The van der Waals surface area contributed by atoms with Gasteiger partial charge in [-0.3, -0.25) is 15.4 Å². The number of nitro benzene ring substituents is 1. The van der Waals surface area contributed by atoms with Gasteiger partial charge in [-0.25, -0.2) is 27.5 Å². The highest BCUT2D eigenvalue weighted by atomic mass is 35.5. The van der Waals surface area contributed by atoms with E-state index in [4.69, 9.17) is 26.6 Å². The summed E-state index contributed by atoms with van der Waals surface area (Å²) >= 11 is 5.72. The van der Waals surface area contributed by atoms with Crippen molar-refractivity contribution in [3.8, 4) is 23.3 Å². The number of ether oxygens (including phenoxy) is 3. The van der Waals surface area contributed by atoms with Crippen LogP contribution in [0.5, 0.6) is 23.3 Å². The first kappa shape index (κ1) is 41.9. The Labute approximate surface area is 300 Å². The molecule has 3 aromatic carbocycles. The average molecular weight is 816 g/mol. The van der Waals surface area contributed by atoms with E-state index in [1.807, 2.05) is 0 Å². The largest absolute Gasteiger partial charge is 0.478 e. The molecule has 4 N–H and O–H groups in total. The van der Waals surface area contributed by atoms with Gasteiger partial charge in [0.2, 0.25) is 17.7 Å². The van der Waals surface area contributed by atoms with Crippen molar-refractivity contribution < 1.29 is 82.9 Å². The topological polar surface area (TPSA) is 246 Å². The molecule has 0 bridgehead atoms. The number of aromatic carboxylic acids is 2. The highest BCUT2D eigenvalue weighted by Gasteiger charge is 2.31. The molecule has 0 fully saturated rings. The Bertz CT molecular complexity index is 2150. The molecule has 1 heterocycles. The first-order valence-electron chi connectivity index (χ1n) is 13.6. The molecule has 0 aliphatic rings. The predicted octanol–water partition coefficient (Wildman–Crippen LogP) is 6.65. The van der Waals surface area contributed by atoms with Gasteiger partial charge in [-0.05, 0) is 36.4 Å². The van der Waals surface area contributed by atoms with E-state index in [0.29, 0.717) is 12.1 Å². The second-order valence-electron chi connectivity index (χ2n) is 9.47. The number of alkyl halides is 7. The molecule has 4 aromatic rings. The van der Waals surface area contributed by atoms with Gasteiger partial charge >= 0.3 is 37.4 Å². The third-order valence-corrected chi connectivity index (χ3v) is 7.52. The fraction of sp³-hybridized carbons (Fsp3) is 0.107. The molecule has 17 nitrogen and oxygen atoms in total. The molecule has 26 heteroatoms. The van der Waals surface area contributed by atoms with Gasteiger partial charge in [0, 0.05) is 12.1 Å². The van der Waals surface area contributed by atoms with Gasteiger partial charge < -0.3 is 24.4 Å². The van der Waals surface area contributed by atoms with Gasteiger partial charge in [-0.1, -0.05) is 23.7 Å². The lowest BCUT2D eigenvalue weighted by molar-refractivity contribution is -0.385. The molecule has 4 rings (SSSR count). The number of nitrogens with zero attached hydrogens (tertiary/aromatic N) is 3. The summed E-state index contributed by atoms with van der Waals surface area (Å²) in [6.07, 6.45) is -4.58. The number of carboxylic acids is 2. The number of urea groups is 1. The van der Waals surface area contributed by atoms with E-state index in [9.17, 15) is 63.6 Å². The summed E-state index contributed by atoms with van der Waals surface area (Å²) in [6.45, 7) is -6.82. The highest BCUT2D eigenvalue weighted by molar-refractivity contribution is 7.90. The van der Waals surface area contributed by atoms with Crippen LogP contribution in [0, 0.1) is 10.1 Å². The third kappa shape index (κ3) is 11.8.